The minimum atomic E-state index is -0.545. The second-order valence-electron chi connectivity index (χ2n) is 7.83. The van der Waals surface area contributed by atoms with E-state index in [0.717, 1.165) is 5.69 Å². The summed E-state index contributed by atoms with van der Waals surface area (Å²) < 4.78 is 11.1. The van der Waals surface area contributed by atoms with Crippen molar-refractivity contribution in [3.8, 4) is 0 Å². The zero-order valence-electron chi connectivity index (χ0n) is 15.2. The van der Waals surface area contributed by atoms with Crippen molar-refractivity contribution in [3.05, 3.63) is 23.5 Å². The van der Waals surface area contributed by atoms with Gasteiger partial charge in [0, 0.05) is 5.92 Å². The van der Waals surface area contributed by atoms with Crippen LogP contribution >= 0.6 is 0 Å². The first kappa shape index (κ1) is 17.8. The van der Waals surface area contributed by atoms with Crippen LogP contribution in [0.15, 0.2) is 12.1 Å². The zero-order valence-corrected chi connectivity index (χ0v) is 15.2. The Kier molecular flexibility index (Phi) is 4.77. The Morgan fingerprint density at radius 3 is 2.32 bits per heavy atom. The predicted molar refractivity (Wildman–Crippen MR) is 90.3 cm³/mol. The molecule has 0 radical (unpaired) electrons. The van der Waals surface area contributed by atoms with Gasteiger partial charge in [0.15, 0.2) is 5.78 Å². The third-order valence-corrected chi connectivity index (χ3v) is 4.55. The van der Waals surface area contributed by atoms with E-state index >= 15 is 0 Å². The summed E-state index contributed by atoms with van der Waals surface area (Å²) in [5, 5.41) is 7.98. The summed E-state index contributed by atoms with van der Waals surface area (Å²) in [7, 11) is 0. The van der Waals surface area contributed by atoms with Gasteiger partial charge in [-0.05, 0) is 52.7 Å². The van der Waals surface area contributed by atoms with Gasteiger partial charge in [-0.15, -0.1) is 5.10 Å². The number of amides is 1. The van der Waals surface area contributed by atoms with E-state index in [4.69, 9.17) is 9.47 Å². The molecule has 0 aromatic carbocycles. The molecule has 1 aromatic rings. The van der Waals surface area contributed by atoms with Crippen LogP contribution < -0.4 is 0 Å². The molecule has 2 bridgehead atoms. The number of piperidine rings is 1. The molecule has 25 heavy (non-hydrogen) atoms. The van der Waals surface area contributed by atoms with Gasteiger partial charge in [-0.2, -0.15) is 5.10 Å². The number of aromatic nitrogens is 2. The number of carbonyl (C=O) groups is 2. The standard InChI is InChI=1S/C18H25N3O4/c1-11-5-6-15(20-19-11)16(22)12-7-13-9-24-10-14(8-12)21(13)17(23)25-18(2,3)4/h5-6,12-14H,7-10H2,1-4H3. The molecule has 2 fully saturated rings. The fourth-order valence-electron chi connectivity index (χ4n) is 3.48. The van der Waals surface area contributed by atoms with Gasteiger partial charge in [0.2, 0.25) is 0 Å². The Labute approximate surface area is 147 Å². The number of carbonyl (C=O) groups excluding carboxylic acids is 2. The average Bonchev–Trinajstić information content (AvgIpc) is 2.52. The maximum Gasteiger partial charge on any atom is 0.410 e. The molecule has 2 atom stereocenters. The molecule has 7 nitrogen and oxygen atoms in total. The van der Waals surface area contributed by atoms with E-state index in [1.54, 1.807) is 17.0 Å². The first-order valence-electron chi connectivity index (χ1n) is 8.68. The summed E-state index contributed by atoms with van der Waals surface area (Å²) in [6, 6.07) is 3.22. The second-order valence-corrected chi connectivity index (χ2v) is 7.83. The minimum absolute atomic E-state index is 0.00626. The molecule has 2 unspecified atom stereocenters. The first-order valence-corrected chi connectivity index (χ1v) is 8.68. The topological polar surface area (TPSA) is 81.6 Å². The third kappa shape index (κ3) is 3.98. The van der Waals surface area contributed by atoms with Crippen LogP contribution in [-0.2, 0) is 9.47 Å². The summed E-state index contributed by atoms with van der Waals surface area (Å²) >= 11 is 0. The highest BCUT2D eigenvalue weighted by Crippen LogP contribution is 2.34. The normalized spacial score (nSPS) is 26.2. The molecule has 0 saturated carbocycles. The van der Waals surface area contributed by atoms with Crippen LogP contribution in [0.3, 0.4) is 0 Å². The lowest BCUT2D eigenvalue weighted by Gasteiger charge is -2.47. The van der Waals surface area contributed by atoms with E-state index in [1.165, 1.54) is 0 Å². The van der Waals surface area contributed by atoms with Gasteiger partial charge in [0.05, 0.1) is 31.0 Å². The molecule has 0 N–H and O–H groups in total. The van der Waals surface area contributed by atoms with Crippen LogP contribution in [0.5, 0.6) is 0 Å². The van der Waals surface area contributed by atoms with Gasteiger partial charge in [0.25, 0.3) is 0 Å². The summed E-state index contributed by atoms with van der Waals surface area (Å²) in [5.74, 6) is -0.178. The Balaban J connectivity index is 1.73. The van der Waals surface area contributed by atoms with E-state index in [-0.39, 0.29) is 29.9 Å². The van der Waals surface area contributed by atoms with Crippen molar-refractivity contribution in [2.75, 3.05) is 13.2 Å². The quantitative estimate of drug-likeness (QED) is 0.764. The number of hydrogen-bond donors (Lipinski definition) is 0. The molecular weight excluding hydrogens is 322 g/mol. The molecule has 7 heteroatoms. The zero-order chi connectivity index (χ0) is 18.2. The molecule has 136 valence electrons. The highest BCUT2D eigenvalue weighted by atomic mass is 16.6. The Morgan fingerprint density at radius 1 is 1.16 bits per heavy atom. The van der Waals surface area contributed by atoms with E-state index in [0.29, 0.717) is 31.7 Å². The van der Waals surface area contributed by atoms with Gasteiger partial charge in [-0.1, -0.05) is 0 Å². The first-order chi connectivity index (χ1) is 11.7. The van der Waals surface area contributed by atoms with Crippen molar-refractivity contribution in [1.82, 2.24) is 15.1 Å². The van der Waals surface area contributed by atoms with E-state index < -0.39 is 5.60 Å². The van der Waals surface area contributed by atoms with E-state index in [9.17, 15) is 9.59 Å². The van der Waals surface area contributed by atoms with Crippen LogP contribution in [0.2, 0.25) is 0 Å². The van der Waals surface area contributed by atoms with Crippen molar-refractivity contribution >= 4 is 11.9 Å². The van der Waals surface area contributed by atoms with E-state index in [1.807, 2.05) is 27.7 Å². The number of fused-ring (bicyclic) bond motifs is 2. The fraction of sp³-hybridized carbons (Fsp3) is 0.667. The Morgan fingerprint density at radius 2 is 1.80 bits per heavy atom. The van der Waals surface area contributed by atoms with Crippen molar-refractivity contribution in [3.63, 3.8) is 0 Å². The largest absolute Gasteiger partial charge is 0.444 e. The Hall–Kier alpha value is -2.02. The number of Topliss-reactive ketones (excluding diaryl/α,β-unsaturated/α-hetero) is 1. The number of hydrogen-bond acceptors (Lipinski definition) is 6. The number of morpholine rings is 1. The van der Waals surface area contributed by atoms with Gasteiger partial charge in [-0.3, -0.25) is 9.69 Å². The van der Waals surface area contributed by atoms with Crippen LogP contribution in [0, 0.1) is 12.8 Å². The van der Waals surface area contributed by atoms with Crippen LogP contribution in [0.1, 0.15) is 49.8 Å². The summed E-state index contributed by atoms with van der Waals surface area (Å²) in [4.78, 5) is 27.1. The molecular formula is C18H25N3O4. The molecule has 2 saturated heterocycles. The summed E-state index contributed by atoms with van der Waals surface area (Å²) in [6.45, 7) is 8.25. The molecule has 0 aliphatic carbocycles. The van der Waals surface area contributed by atoms with Crippen molar-refractivity contribution in [1.29, 1.82) is 0 Å². The second kappa shape index (κ2) is 6.71. The monoisotopic (exact) mass is 347 g/mol. The maximum absolute atomic E-state index is 12.8. The minimum Gasteiger partial charge on any atom is -0.444 e. The number of aryl methyl sites for hydroxylation is 1. The fourth-order valence-corrected chi connectivity index (χ4v) is 3.48. The van der Waals surface area contributed by atoms with Gasteiger partial charge < -0.3 is 9.47 Å². The molecule has 1 aromatic heterocycles. The molecule has 0 spiro atoms. The highest BCUT2D eigenvalue weighted by Gasteiger charge is 2.45. The van der Waals surface area contributed by atoms with Crippen molar-refractivity contribution in [2.24, 2.45) is 5.92 Å². The molecule has 3 rings (SSSR count). The SMILES string of the molecule is Cc1ccc(C(=O)C2CC3COCC(C2)N3C(=O)OC(C)(C)C)nn1. The lowest BCUT2D eigenvalue weighted by molar-refractivity contribution is -0.0861. The average molecular weight is 347 g/mol. The lowest BCUT2D eigenvalue weighted by atomic mass is 9.82. The summed E-state index contributed by atoms with van der Waals surface area (Å²) in [6.07, 6.45) is 0.792. The summed E-state index contributed by atoms with van der Waals surface area (Å²) in [5.41, 5.74) is 0.623. The van der Waals surface area contributed by atoms with E-state index in [2.05, 4.69) is 10.2 Å². The lowest BCUT2D eigenvalue weighted by Crippen LogP contribution is -2.60. The molecule has 3 heterocycles. The van der Waals surface area contributed by atoms with Gasteiger partial charge in [0.1, 0.15) is 11.3 Å². The number of ketones is 1. The van der Waals surface area contributed by atoms with Crippen LogP contribution in [-0.4, -0.2) is 57.9 Å². The van der Waals surface area contributed by atoms with Crippen molar-refractivity contribution < 1.29 is 19.1 Å². The van der Waals surface area contributed by atoms with Crippen LogP contribution in [0.25, 0.3) is 0 Å². The molecule has 2 aliphatic heterocycles. The number of rotatable bonds is 2. The maximum atomic E-state index is 12.8. The smallest absolute Gasteiger partial charge is 0.410 e. The highest BCUT2D eigenvalue weighted by molar-refractivity contribution is 5.96. The van der Waals surface area contributed by atoms with Crippen LogP contribution in [0.4, 0.5) is 4.79 Å². The van der Waals surface area contributed by atoms with Gasteiger partial charge in [-0.25, -0.2) is 4.79 Å². The third-order valence-electron chi connectivity index (χ3n) is 4.55. The molecule has 1 amide bonds. The van der Waals surface area contributed by atoms with Gasteiger partial charge >= 0.3 is 6.09 Å². The van der Waals surface area contributed by atoms with Crippen molar-refractivity contribution in [2.45, 2.75) is 58.2 Å². The molecule has 2 aliphatic rings. The number of ether oxygens (including phenoxy) is 2. The number of nitrogens with zero attached hydrogens (tertiary/aromatic N) is 3. The Bertz CT molecular complexity index is 639. The predicted octanol–water partition coefficient (Wildman–Crippen LogP) is 2.38.